The number of hydrogen-bond acceptors (Lipinski definition) is 2. The molecule has 0 aliphatic carbocycles. The fraction of sp³-hybridized carbons (Fsp3) is 0.800. The molecule has 0 heterocycles. The van der Waals surface area contributed by atoms with Gasteiger partial charge in [-0.15, -0.1) is 0 Å². The van der Waals surface area contributed by atoms with Crippen molar-refractivity contribution in [3.63, 3.8) is 0 Å². The minimum absolute atomic E-state index is 0. The number of carbonyl (C=O) groups is 1. The molecular formula is C15H31AlO2. The van der Waals surface area contributed by atoms with Crippen molar-refractivity contribution in [2.45, 2.75) is 72.1 Å². The highest BCUT2D eigenvalue weighted by Crippen LogP contribution is 2.12. The van der Waals surface area contributed by atoms with Crippen LogP contribution in [0.4, 0.5) is 0 Å². The van der Waals surface area contributed by atoms with Crippen LogP contribution in [0, 0.1) is 0 Å². The van der Waals surface area contributed by atoms with E-state index in [2.05, 4.69) is 26.8 Å². The zero-order valence-corrected chi connectivity index (χ0v) is 11.8. The van der Waals surface area contributed by atoms with Crippen LogP contribution in [0.5, 0.6) is 0 Å². The number of ether oxygens (including phenoxy) is 1. The van der Waals surface area contributed by atoms with E-state index in [0.717, 1.165) is 50.5 Å². The van der Waals surface area contributed by atoms with Gasteiger partial charge in [-0.05, 0) is 25.7 Å². The minimum Gasteiger partial charge on any atom is -0.462 e. The largest absolute Gasteiger partial charge is 0.462 e. The first kappa shape index (κ1) is 20.1. The lowest BCUT2D eigenvalue weighted by Crippen LogP contribution is -2.09. The highest BCUT2D eigenvalue weighted by atomic mass is 27.0. The summed E-state index contributed by atoms with van der Waals surface area (Å²) in [6.45, 7) is 6.97. The molecule has 0 bridgehead atoms. The summed E-state index contributed by atoms with van der Waals surface area (Å²) in [7, 11) is 0. The number of carbonyl (C=O) groups excluding carboxylic acids is 1. The van der Waals surface area contributed by atoms with Crippen molar-refractivity contribution >= 4 is 23.3 Å². The van der Waals surface area contributed by atoms with Gasteiger partial charge in [-0.3, -0.25) is 0 Å². The lowest BCUT2D eigenvalue weighted by Gasteiger charge is -2.07. The minimum atomic E-state index is -0.0944. The Bertz CT molecular complexity index is 225. The molecule has 0 aliphatic heterocycles. The molecule has 106 valence electrons. The summed E-state index contributed by atoms with van der Waals surface area (Å²) in [4.78, 5) is 11.8. The molecule has 0 atom stereocenters. The highest BCUT2D eigenvalue weighted by Gasteiger charge is 2.09. The Kier molecular flexibility index (Phi) is 16.5. The molecule has 0 radical (unpaired) electrons. The van der Waals surface area contributed by atoms with E-state index in [1.165, 1.54) is 6.42 Å². The maximum Gasteiger partial charge on any atom is 0.333 e. The first-order valence-corrected chi connectivity index (χ1v) is 7.12. The van der Waals surface area contributed by atoms with Gasteiger partial charge in [-0.25, -0.2) is 4.79 Å². The Morgan fingerprint density at radius 1 is 1.00 bits per heavy atom. The monoisotopic (exact) mass is 270 g/mol. The van der Waals surface area contributed by atoms with Crippen molar-refractivity contribution < 1.29 is 9.53 Å². The lowest BCUT2D eigenvalue weighted by molar-refractivity contribution is -0.139. The molecular weight excluding hydrogens is 239 g/mol. The molecule has 2 nitrogen and oxygen atoms in total. The zero-order valence-electron chi connectivity index (χ0n) is 11.8. The number of esters is 1. The van der Waals surface area contributed by atoms with Gasteiger partial charge in [-0.2, -0.15) is 0 Å². The summed E-state index contributed by atoms with van der Waals surface area (Å²) in [6, 6.07) is 0. The SMILES string of the molecule is CCCCC=C(CCCC)C(=O)OCCCC.[AlH3]. The Balaban J connectivity index is 0. The standard InChI is InChI=1S/C15H28O2.Al.3H/c1-4-7-10-12-14(11-8-5-2)15(16)17-13-9-6-3;;;;/h12H,4-11,13H2,1-3H3;;;;. The van der Waals surface area contributed by atoms with Crippen LogP contribution in [-0.4, -0.2) is 29.9 Å². The summed E-state index contributed by atoms with van der Waals surface area (Å²) in [5.41, 5.74) is 0.886. The van der Waals surface area contributed by atoms with Crippen LogP contribution >= 0.6 is 0 Å². The molecule has 0 fully saturated rings. The predicted octanol–water partition coefficient (Wildman–Crippen LogP) is 3.45. The number of unbranched alkanes of at least 4 members (excludes halogenated alkanes) is 4. The smallest absolute Gasteiger partial charge is 0.333 e. The van der Waals surface area contributed by atoms with Crippen LogP contribution in [0.2, 0.25) is 0 Å². The van der Waals surface area contributed by atoms with Crippen LogP contribution < -0.4 is 0 Å². The number of hydrogen-bond donors (Lipinski definition) is 0. The van der Waals surface area contributed by atoms with Gasteiger partial charge >= 0.3 is 5.97 Å². The zero-order chi connectivity index (χ0) is 12.9. The topological polar surface area (TPSA) is 26.3 Å². The molecule has 18 heavy (non-hydrogen) atoms. The van der Waals surface area contributed by atoms with E-state index in [1.54, 1.807) is 0 Å². The third-order valence-electron chi connectivity index (χ3n) is 2.74. The van der Waals surface area contributed by atoms with E-state index in [4.69, 9.17) is 4.74 Å². The van der Waals surface area contributed by atoms with E-state index in [-0.39, 0.29) is 23.3 Å². The Morgan fingerprint density at radius 2 is 1.61 bits per heavy atom. The maximum atomic E-state index is 11.8. The van der Waals surface area contributed by atoms with Gasteiger partial charge in [0.05, 0.1) is 6.61 Å². The highest BCUT2D eigenvalue weighted by molar-refractivity contribution is 5.88. The van der Waals surface area contributed by atoms with E-state index in [9.17, 15) is 4.79 Å². The normalized spacial score (nSPS) is 10.9. The van der Waals surface area contributed by atoms with Crippen molar-refractivity contribution in [3.05, 3.63) is 11.6 Å². The summed E-state index contributed by atoms with van der Waals surface area (Å²) >= 11 is 0. The first-order valence-electron chi connectivity index (χ1n) is 7.12. The third kappa shape index (κ3) is 10.9. The molecule has 0 aromatic heterocycles. The second-order valence-electron chi connectivity index (χ2n) is 4.46. The molecule has 0 spiro atoms. The molecule has 0 aromatic carbocycles. The predicted molar refractivity (Wildman–Crippen MR) is 82.9 cm³/mol. The first-order chi connectivity index (χ1) is 8.26. The third-order valence-corrected chi connectivity index (χ3v) is 2.74. The lowest BCUT2D eigenvalue weighted by atomic mass is 10.1. The second-order valence-corrected chi connectivity index (χ2v) is 4.46. The van der Waals surface area contributed by atoms with Crippen LogP contribution in [0.1, 0.15) is 72.1 Å². The van der Waals surface area contributed by atoms with Crippen molar-refractivity contribution in [2.75, 3.05) is 6.61 Å². The van der Waals surface area contributed by atoms with Crippen LogP contribution in [-0.2, 0) is 9.53 Å². The quantitative estimate of drug-likeness (QED) is 0.263. The summed E-state index contributed by atoms with van der Waals surface area (Å²) < 4.78 is 5.27. The van der Waals surface area contributed by atoms with Gasteiger partial charge in [0.1, 0.15) is 0 Å². The van der Waals surface area contributed by atoms with Crippen LogP contribution in [0.3, 0.4) is 0 Å². The fourth-order valence-electron chi connectivity index (χ4n) is 1.54. The summed E-state index contributed by atoms with van der Waals surface area (Å²) in [5, 5.41) is 0. The molecule has 0 amide bonds. The molecule has 0 aromatic rings. The van der Waals surface area contributed by atoms with Crippen molar-refractivity contribution in [2.24, 2.45) is 0 Å². The molecule has 0 N–H and O–H groups in total. The van der Waals surface area contributed by atoms with Crippen molar-refractivity contribution in [1.29, 1.82) is 0 Å². The van der Waals surface area contributed by atoms with Gasteiger partial charge in [-0.1, -0.05) is 52.5 Å². The molecule has 3 heteroatoms. The summed E-state index contributed by atoms with van der Waals surface area (Å²) in [6.07, 6.45) is 10.5. The molecule has 0 saturated heterocycles. The average molecular weight is 270 g/mol. The Morgan fingerprint density at radius 3 is 2.17 bits per heavy atom. The van der Waals surface area contributed by atoms with E-state index in [0.29, 0.717) is 6.61 Å². The number of rotatable bonds is 10. The van der Waals surface area contributed by atoms with Crippen molar-refractivity contribution in [3.8, 4) is 0 Å². The van der Waals surface area contributed by atoms with Gasteiger partial charge in [0.15, 0.2) is 17.4 Å². The Labute approximate surface area is 123 Å². The van der Waals surface area contributed by atoms with E-state index >= 15 is 0 Å². The molecule has 0 saturated carbocycles. The second kappa shape index (κ2) is 14.8. The summed E-state index contributed by atoms with van der Waals surface area (Å²) in [5.74, 6) is -0.0944. The van der Waals surface area contributed by atoms with Gasteiger partial charge in [0, 0.05) is 5.57 Å². The van der Waals surface area contributed by atoms with Crippen LogP contribution in [0.25, 0.3) is 0 Å². The van der Waals surface area contributed by atoms with Crippen LogP contribution in [0.15, 0.2) is 11.6 Å². The maximum absolute atomic E-state index is 11.8. The van der Waals surface area contributed by atoms with Crippen molar-refractivity contribution in [1.82, 2.24) is 0 Å². The molecule has 0 unspecified atom stereocenters. The van der Waals surface area contributed by atoms with Gasteiger partial charge in [0.25, 0.3) is 0 Å². The Hall–Kier alpha value is -0.258. The number of allylic oxidation sites excluding steroid dienone is 1. The van der Waals surface area contributed by atoms with E-state index < -0.39 is 0 Å². The fourth-order valence-corrected chi connectivity index (χ4v) is 1.54. The van der Waals surface area contributed by atoms with E-state index in [1.807, 2.05) is 0 Å². The average Bonchev–Trinajstić information content (AvgIpc) is 2.33. The molecule has 0 aliphatic rings. The molecule has 0 rings (SSSR count). The van der Waals surface area contributed by atoms with Gasteiger partial charge < -0.3 is 4.74 Å². The van der Waals surface area contributed by atoms with Gasteiger partial charge in [0.2, 0.25) is 0 Å².